The molecule has 0 aromatic heterocycles. The van der Waals surface area contributed by atoms with Gasteiger partial charge in [0.05, 0.1) is 0 Å². The van der Waals surface area contributed by atoms with Crippen LogP contribution < -0.4 is 0 Å². The van der Waals surface area contributed by atoms with Gasteiger partial charge in [-0.2, -0.15) is 0 Å². The van der Waals surface area contributed by atoms with E-state index in [2.05, 4.69) is 40.0 Å². The summed E-state index contributed by atoms with van der Waals surface area (Å²) in [7, 11) is 0. The second kappa shape index (κ2) is 6.59. The molecule has 0 saturated carbocycles. The fraction of sp³-hybridized carbons (Fsp3) is 0.462. The van der Waals surface area contributed by atoms with E-state index in [1.54, 1.807) is 5.98 Å². The van der Waals surface area contributed by atoms with Crippen molar-refractivity contribution in [1.29, 1.82) is 0 Å². The van der Waals surface area contributed by atoms with Gasteiger partial charge in [-0.1, -0.05) is 0 Å². The molecule has 0 rings (SSSR count). The average Bonchev–Trinajstić information content (AvgIpc) is 2.12. The van der Waals surface area contributed by atoms with Gasteiger partial charge in [0.2, 0.25) is 0 Å². The van der Waals surface area contributed by atoms with Gasteiger partial charge in [0, 0.05) is 0 Å². The quantitative estimate of drug-likeness (QED) is 0.441. The van der Waals surface area contributed by atoms with Crippen LogP contribution >= 0.6 is 0 Å². The van der Waals surface area contributed by atoms with Gasteiger partial charge >= 0.3 is 88.8 Å². The normalized spacial score (nSPS) is 12.6. The first-order chi connectivity index (χ1) is 6.58. The average molecular weight is 188 g/mol. The summed E-state index contributed by atoms with van der Waals surface area (Å²) in [5, 5.41) is 0. The molecule has 14 heavy (non-hydrogen) atoms. The van der Waals surface area contributed by atoms with Crippen molar-refractivity contribution in [2.75, 3.05) is 0 Å². The third kappa shape index (κ3) is 4.41. The molecule has 0 bridgehead atoms. The first kappa shape index (κ1) is 13.2. The van der Waals surface area contributed by atoms with Crippen molar-refractivity contribution in [3.63, 3.8) is 0 Å². The van der Waals surface area contributed by atoms with Crippen molar-refractivity contribution in [2.45, 2.75) is 33.6 Å². The molecule has 0 aromatic carbocycles. The SMILES string of the molecule is C=CB=C/C=C(\C=C)C(C)(C)CCC. The summed E-state index contributed by atoms with van der Waals surface area (Å²) < 4.78 is 0. The minimum atomic E-state index is 0.224. The molecular formula is C13H21B. The monoisotopic (exact) mass is 188 g/mol. The number of allylic oxidation sites excluding steroid dienone is 3. The topological polar surface area (TPSA) is 0 Å². The van der Waals surface area contributed by atoms with E-state index in [0.717, 1.165) is 0 Å². The molecule has 76 valence electrons. The van der Waals surface area contributed by atoms with Crippen molar-refractivity contribution >= 4 is 12.9 Å². The standard InChI is InChI=1S/C13H21B/c1-6-10-13(4,5)12(7-2)9-11-14-8-3/h7-9,11H,2-3,6,10H2,1,4-5H3/b12-9+. The van der Waals surface area contributed by atoms with Gasteiger partial charge in [0.15, 0.2) is 0 Å². The predicted octanol–water partition coefficient (Wildman–Crippen LogP) is 3.58. The van der Waals surface area contributed by atoms with Gasteiger partial charge in [-0.3, -0.25) is 0 Å². The van der Waals surface area contributed by atoms with Gasteiger partial charge < -0.3 is 0 Å². The Kier molecular flexibility index (Phi) is 6.19. The molecule has 0 nitrogen and oxygen atoms in total. The van der Waals surface area contributed by atoms with Gasteiger partial charge in [0.1, 0.15) is 0 Å². The summed E-state index contributed by atoms with van der Waals surface area (Å²) >= 11 is 0. The Morgan fingerprint density at radius 2 is 2.00 bits per heavy atom. The van der Waals surface area contributed by atoms with Crippen LogP contribution in [-0.4, -0.2) is 12.9 Å². The molecular weight excluding hydrogens is 167 g/mol. The molecule has 0 radical (unpaired) electrons. The van der Waals surface area contributed by atoms with E-state index < -0.39 is 0 Å². The summed E-state index contributed by atoms with van der Waals surface area (Å²) in [6, 6.07) is 0. The Bertz CT molecular complexity index is 244. The Hall–Kier alpha value is -0.845. The Morgan fingerprint density at radius 3 is 2.43 bits per heavy atom. The molecule has 0 aliphatic heterocycles. The Labute approximate surface area is 89.3 Å². The van der Waals surface area contributed by atoms with Crippen molar-refractivity contribution in [2.24, 2.45) is 5.41 Å². The molecule has 0 aromatic rings. The van der Waals surface area contributed by atoms with Gasteiger partial charge in [0.25, 0.3) is 0 Å². The fourth-order valence-corrected chi connectivity index (χ4v) is 1.58. The first-order valence-electron chi connectivity index (χ1n) is 5.20. The maximum atomic E-state index is 3.86. The van der Waals surface area contributed by atoms with Crippen LogP contribution in [0.15, 0.2) is 36.9 Å². The van der Waals surface area contributed by atoms with Crippen LogP contribution in [0.1, 0.15) is 33.6 Å². The van der Waals surface area contributed by atoms with Crippen LogP contribution in [0.25, 0.3) is 0 Å². The summed E-state index contributed by atoms with van der Waals surface area (Å²) in [6.45, 7) is 16.2. The molecule has 0 unspecified atom stereocenters. The minimum absolute atomic E-state index is 0.224. The molecule has 0 N–H and O–H groups in total. The molecule has 1 heteroatoms. The summed E-state index contributed by atoms with van der Waals surface area (Å²) in [4.78, 5) is 0. The zero-order valence-corrected chi connectivity index (χ0v) is 9.72. The van der Waals surface area contributed by atoms with E-state index in [-0.39, 0.29) is 5.41 Å². The molecule has 0 amide bonds. The molecule has 0 fully saturated rings. The maximum absolute atomic E-state index is 3.86. The van der Waals surface area contributed by atoms with Crippen LogP contribution in [0, 0.1) is 5.41 Å². The van der Waals surface area contributed by atoms with Gasteiger partial charge in [-0.25, -0.2) is 0 Å². The number of hydrogen-bond acceptors (Lipinski definition) is 0. The second-order valence-electron chi connectivity index (χ2n) is 4.08. The van der Waals surface area contributed by atoms with E-state index in [1.165, 1.54) is 18.4 Å². The summed E-state index contributed by atoms with van der Waals surface area (Å²) in [6.07, 6.45) is 6.45. The molecule has 0 atom stereocenters. The first-order valence-corrected chi connectivity index (χ1v) is 5.20. The predicted molar refractivity (Wildman–Crippen MR) is 69.0 cm³/mol. The molecule has 0 spiro atoms. The van der Waals surface area contributed by atoms with Crippen molar-refractivity contribution in [1.82, 2.24) is 0 Å². The molecule has 0 aliphatic carbocycles. The zero-order chi connectivity index (χ0) is 11.0. The van der Waals surface area contributed by atoms with E-state index in [1.807, 2.05) is 19.0 Å². The summed E-state index contributed by atoms with van der Waals surface area (Å²) in [5.74, 6) is 3.80. The van der Waals surface area contributed by atoms with Crippen molar-refractivity contribution in [3.8, 4) is 0 Å². The molecule has 0 heterocycles. The Balaban J connectivity index is 4.68. The Morgan fingerprint density at radius 1 is 1.36 bits per heavy atom. The van der Waals surface area contributed by atoms with E-state index in [9.17, 15) is 0 Å². The second-order valence-corrected chi connectivity index (χ2v) is 4.08. The molecule has 0 aliphatic rings. The van der Waals surface area contributed by atoms with E-state index >= 15 is 0 Å². The van der Waals surface area contributed by atoms with Crippen LogP contribution in [0.5, 0.6) is 0 Å². The van der Waals surface area contributed by atoms with Crippen LogP contribution in [0.4, 0.5) is 0 Å². The van der Waals surface area contributed by atoms with E-state index in [4.69, 9.17) is 0 Å². The van der Waals surface area contributed by atoms with Gasteiger partial charge in [-0.15, -0.1) is 0 Å². The van der Waals surface area contributed by atoms with Crippen molar-refractivity contribution in [3.05, 3.63) is 36.9 Å². The fourth-order valence-electron chi connectivity index (χ4n) is 1.58. The third-order valence-corrected chi connectivity index (χ3v) is 2.40. The number of hydrogen-bond donors (Lipinski definition) is 0. The summed E-state index contributed by atoms with van der Waals surface area (Å²) in [5.41, 5.74) is 1.51. The third-order valence-electron chi connectivity index (χ3n) is 2.40. The zero-order valence-electron chi connectivity index (χ0n) is 9.72. The van der Waals surface area contributed by atoms with E-state index in [0.29, 0.717) is 0 Å². The van der Waals surface area contributed by atoms with Crippen LogP contribution in [-0.2, 0) is 0 Å². The van der Waals surface area contributed by atoms with Crippen LogP contribution in [0.3, 0.4) is 0 Å². The molecule has 0 saturated heterocycles. The van der Waals surface area contributed by atoms with Gasteiger partial charge in [-0.05, 0) is 0 Å². The van der Waals surface area contributed by atoms with Crippen molar-refractivity contribution < 1.29 is 0 Å². The number of rotatable bonds is 6. The van der Waals surface area contributed by atoms with Crippen LogP contribution in [0.2, 0.25) is 0 Å².